The third-order valence-corrected chi connectivity index (χ3v) is 3.63. The minimum absolute atomic E-state index is 0.0361. The summed E-state index contributed by atoms with van der Waals surface area (Å²) >= 11 is 0. The Balaban J connectivity index is 3.16. The zero-order valence-electron chi connectivity index (χ0n) is 10.0. The van der Waals surface area contributed by atoms with Gasteiger partial charge in [0.1, 0.15) is 0 Å². The van der Waals surface area contributed by atoms with E-state index >= 15 is 0 Å². The van der Waals surface area contributed by atoms with E-state index in [-0.39, 0.29) is 10.8 Å². The number of sulfonamides is 1. The standard InChI is InChI=1S/C11H16N2O3S/c1-11(2,10(14)13-3)8-4-6-9(7-5-8)17(12,15)16/h4-7H,1-3H3,(H,13,14)(H2,12,15,16). The van der Waals surface area contributed by atoms with Crippen LogP contribution in [0.15, 0.2) is 29.2 Å². The summed E-state index contributed by atoms with van der Waals surface area (Å²) in [6.45, 7) is 3.52. The average molecular weight is 256 g/mol. The molecule has 6 heteroatoms. The summed E-state index contributed by atoms with van der Waals surface area (Å²) in [6.07, 6.45) is 0. The lowest BCUT2D eigenvalue weighted by molar-refractivity contribution is -0.125. The molecule has 1 amide bonds. The van der Waals surface area contributed by atoms with E-state index in [0.29, 0.717) is 0 Å². The molecule has 1 aromatic rings. The van der Waals surface area contributed by atoms with Crippen LogP contribution in [-0.2, 0) is 20.2 Å². The van der Waals surface area contributed by atoms with Gasteiger partial charge in [0.25, 0.3) is 0 Å². The minimum Gasteiger partial charge on any atom is -0.358 e. The summed E-state index contributed by atoms with van der Waals surface area (Å²) < 4.78 is 22.2. The summed E-state index contributed by atoms with van der Waals surface area (Å²) in [4.78, 5) is 11.7. The first-order valence-electron chi connectivity index (χ1n) is 5.05. The molecule has 0 fully saturated rings. The van der Waals surface area contributed by atoms with Gasteiger partial charge in [0.05, 0.1) is 10.3 Å². The molecule has 0 aromatic heterocycles. The Hall–Kier alpha value is -1.40. The highest BCUT2D eigenvalue weighted by Gasteiger charge is 2.28. The van der Waals surface area contributed by atoms with Gasteiger partial charge in [-0.3, -0.25) is 4.79 Å². The molecule has 0 aliphatic heterocycles. The molecule has 1 rings (SSSR count). The normalized spacial score (nSPS) is 12.2. The Kier molecular flexibility index (Phi) is 3.59. The van der Waals surface area contributed by atoms with Crippen molar-refractivity contribution in [2.75, 3.05) is 7.05 Å². The van der Waals surface area contributed by atoms with Gasteiger partial charge < -0.3 is 5.32 Å². The van der Waals surface area contributed by atoms with Gasteiger partial charge in [-0.05, 0) is 31.5 Å². The zero-order chi connectivity index (χ0) is 13.3. The van der Waals surface area contributed by atoms with E-state index < -0.39 is 15.4 Å². The van der Waals surface area contributed by atoms with Gasteiger partial charge in [0, 0.05) is 7.05 Å². The van der Waals surface area contributed by atoms with Gasteiger partial charge in [0.2, 0.25) is 15.9 Å². The fourth-order valence-corrected chi connectivity index (χ4v) is 2.02. The molecule has 17 heavy (non-hydrogen) atoms. The van der Waals surface area contributed by atoms with E-state index in [1.807, 2.05) is 0 Å². The second-order valence-corrected chi connectivity index (χ2v) is 5.83. The smallest absolute Gasteiger partial charge is 0.238 e. The highest BCUT2D eigenvalue weighted by atomic mass is 32.2. The van der Waals surface area contributed by atoms with E-state index in [0.717, 1.165) is 5.56 Å². The van der Waals surface area contributed by atoms with E-state index in [1.165, 1.54) is 12.1 Å². The molecule has 0 unspecified atom stereocenters. The number of carbonyl (C=O) groups excluding carboxylic acids is 1. The molecule has 0 atom stereocenters. The number of hydrogen-bond donors (Lipinski definition) is 2. The SMILES string of the molecule is CNC(=O)C(C)(C)c1ccc(S(N)(=O)=O)cc1. The Morgan fingerprint density at radius 1 is 1.24 bits per heavy atom. The molecule has 0 aliphatic rings. The van der Waals surface area contributed by atoms with Crippen LogP contribution in [-0.4, -0.2) is 21.4 Å². The van der Waals surface area contributed by atoms with Gasteiger partial charge in [-0.1, -0.05) is 12.1 Å². The Morgan fingerprint density at radius 3 is 2.06 bits per heavy atom. The van der Waals surface area contributed by atoms with Crippen molar-refractivity contribution in [1.82, 2.24) is 5.32 Å². The molecule has 0 saturated heterocycles. The average Bonchev–Trinajstić information content (AvgIpc) is 2.27. The van der Waals surface area contributed by atoms with E-state index in [2.05, 4.69) is 5.32 Å². The van der Waals surface area contributed by atoms with Crippen LogP contribution in [0.3, 0.4) is 0 Å². The first-order valence-corrected chi connectivity index (χ1v) is 6.59. The molecular formula is C11H16N2O3S. The zero-order valence-corrected chi connectivity index (χ0v) is 10.8. The maximum atomic E-state index is 11.7. The van der Waals surface area contributed by atoms with Crippen LogP contribution >= 0.6 is 0 Å². The third kappa shape index (κ3) is 2.83. The van der Waals surface area contributed by atoms with Crippen LogP contribution in [0.2, 0.25) is 0 Å². The van der Waals surface area contributed by atoms with Crippen LogP contribution in [0.1, 0.15) is 19.4 Å². The number of benzene rings is 1. The number of hydrogen-bond acceptors (Lipinski definition) is 3. The predicted octanol–water partition coefficient (Wildman–Crippen LogP) is 0.358. The second kappa shape index (κ2) is 4.46. The van der Waals surface area contributed by atoms with E-state index in [4.69, 9.17) is 5.14 Å². The number of rotatable bonds is 3. The molecule has 0 heterocycles. The molecule has 0 radical (unpaired) electrons. The Bertz CT molecular complexity index is 518. The number of likely N-dealkylation sites (N-methyl/N-ethyl adjacent to an activating group) is 1. The van der Waals surface area contributed by atoms with Crippen molar-refractivity contribution >= 4 is 15.9 Å². The minimum atomic E-state index is -3.69. The first-order chi connectivity index (χ1) is 7.69. The van der Waals surface area contributed by atoms with E-state index in [9.17, 15) is 13.2 Å². The third-order valence-electron chi connectivity index (χ3n) is 2.70. The molecule has 94 valence electrons. The van der Waals surface area contributed by atoms with Crippen LogP contribution in [0, 0.1) is 0 Å². The maximum Gasteiger partial charge on any atom is 0.238 e. The molecular weight excluding hydrogens is 240 g/mol. The van der Waals surface area contributed by atoms with E-state index in [1.54, 1.807) is 33.0 Å². The molecule has 5 nitrogen and oxygen atoms in total. The van der Waals surface area contributed by atoms with Gasteiger partial charge in [-0.25, -0.2) is 13.6 Å². The largest absolute Gasteiger partial charge is 0.358 e. The lowest BCUT2D eigenvalue weighted by atomic mass is 9.84. The molecule has 0 spiro atoms. The van der Waals surface area contributed by atoms with Crippen molar-refractivity contribution in [3.8, 4) is 0 Å². The molecule has 0 bridgehead atoms. The highest BCUT2D eigenvalue weighted by Crippen LogP contribution is 2.24. The number of nitrogens with two attached hydrogens (primary N) is 1. The van der Waals surface area contributed by atoms with Crippen molar-refractivity contribution in [2.24, 2.45) is 5.14 Å². The van der Waals surface area contributed by atoms with Gasteiger partial charge in [-0.15, -0.1) is 0 Å². The summed E-state index contributed by atoms with van der Waals surface area (Å²) in [5.41, 5.74) is 0.00953. The van der Waals surface area contributed by atoms with Crippen LogP contribution < -0.4 is 10.5 Å². The summed E-state index contributed by atoms with van der Waals surface area (Å²) in [5.74, 6) is -0.138. The van der Waals surface area contributed by atoms with Crippen molar-refractivity contribution in [3.05, 3.63) is 29.8 Å². The Morgan fingerprint density at radius 2 is 1.71 bits per heavy atom. The van der Waals surface area contributed by atoms with Crippen LogP contribution in [0.25, 0.3) is 0 Å². The predicted molar refractivity (Wildman–Crippen MR) is 64.9 cm³/mol. The Labute approximate surface area is 101 Å². The number of carbonyl (C=O) groups is 1. The van der Waals surface area contributed by atoms with Crippen LogP contribution in [0.4, 0.5) is 0 Å². The molecule has 0 saturated carbocycles. The molecule has 3 N–H and O–H groups in total. The van der Waals surface area contributed by atoms with Gasteiger partial charge >= 0.3 is 0 Å². The van der Waals surface area contributed by atoms with Crippen molar-refractivity contribution < 1.29 is 13.2 Å². The fourth-order valence-electron chi connectivity index (χ4n) is 1.50. The van der Waals surface area contributed by atoms with Crippen molar-refractivity contribution in [1.29, 1.82) is 0 Å². The number of nitrogens with one attached hydrogen (secondary N) is 1. The quantitative estimate of drug-likeness (QED) is 0.818. The fraction of sp³-hybridized carbons (Fsp3) is 0.364. The van der Waals surface area contributed by atoms with Crippen LogP contribution in [0.5, 0.6) is 0 Å². The summed E-state index contributed by atoms with van der Waals surface area (Å²) in [6, 6.07) is 5.98. The number of amides is 1. The highest BCUT2D eigenvalue weighted by molar-refractivity contribution is 7.89. The lowest BCUT2D eigenvalue weighted by Gasteiger charge is -2.23. The summed E-state index contributed by atoms with van der Waals surface area (Å²) in [7, 11) is -2.13. The summed E-state index contributed by atoms with van der Waals surface area (Å²) in [5, 5.41) is 7.56. The topological polar surface area (TPSA) is 89.3 Å². The van der Waals surface area contributed by atoms with Gasteiger partial charge in [0.15, 0.2) is 0 Å². The van der Waals surface area contributed by atoms with Gasteiger partial charge in [-0.2, -0.15) is 0 Å². The van der Waals surface area contributed by atoms with Crippen molar-refractivity contribution in [3.63, 3.8) is 0 Å². The monoisotopic (exact) mass is 256 g/mol. The molecule has 1 aromatic carbocycles. The maximum absolute atomic E-state index is 11.7. The number of primary sulfonamides is 1. The second-order valence-electron chi connectivity index (χ2n) is 4.27. The lowest BCUT2D eigenvalue weighted by Crippen LogP contribution is -2.37. The van der Waals surface area contributed by atoms with Crippen molar-refractivity contribution in [2.45, 2.75) is 24.2 Å². The first kappa shape index (κ1) is 13.7. The molecule has 0 aliphatic carbocycles.